The van der Waals surface area contributed by atoms with Crippen LogP contribution < -0.4 is 0 Å². The molecule has 1 nitrogen and oxygen atoms in total. The smallest absolute Gasteiger partial charge is 0.0818 e. The summed E-state index contributed by atoms with van der Waals surface area (Å²) in [6, 6.07) is 7.57. The SMILES string of the molecule is CC1CCC(C(O)c2cccc(Cl)c2)C1. The van der Waals surface area contributed by atoms with Crippen molar-refractivity contribution in [2.45, 2.75) is 32.3 Å². The van der Waals surface area contributed by atoms with Gasteiger partial charge < -0.3 is 5.11 Å². The first-order chi connectivity index (χ1) is 7.16. The summed E-state index contributed by atoms with van der Waals surface area (Å²) >= 11 is 5.91. The van der Waals surface area contributed by atoms with Crippen LogP contribution in [0.3, 0.4) is 0 Å². The summed E-state index contributed by atoms with van der Waals surface area (Å²) in [5.41, 5.74) is 0.960. The normalized spacial score (nSPS) is 27.9. The highest BCUT2D eigenvalue weighted by atomic mass is 35.5. The third kappa shape index (κ3) is 2.53. The van der Waals surface area contributed by atoms with Crippen molar-refractivity contribution < 1.29 is 5.11 Å². The molecule has 1 aliphatic rings. The van der Waals surface area contributed by atoms with E-state index in [4.69, 9.17) is 11.6 Å². The van der Waals surface area contributed by atoms with Crippen LogP contribution in [0.1, 0.15) is 37.9 Å². The second kappa shape index (κ2) is 4.54. The summed E-state index contributed by atoms with van der Waals surface area (Å²) < 4.78 is 0. The fourth-order valence-corrected chi connectivity index (χ4v) is 2.70. The van der Waals surface area contributed by atoms with E-state index in [0.29, 0.717) is 10.9 Å². The molecule has 1 aromatic carbocycles. The highest BCUT2D eigenvalue weighted by Gasteiger charge is 2.28. The van der Waals surface area contributed by atoms with Crippen molar-refractivity contribution in [3.05, 3.63) is 34.9 Å². The number of rotatable bonds is 2. The van der Waals surface area contributed by atoms with Crippen LogP contribution in [0.15, 0.2) is 24.3 Å². The van der Waals surface area contributed by atoms with Crippen LogP contribution in [0.4, 0.5) is 0 Å². The molecule has 2 heteroatoms. The van der Waals surface area contributed by atoms with Gasteiger partial charge in [-0.15, -0.1) is 0 Å². The molecular weight excluding hydrogens is 208 g/mol. The van der Waals surface area contributed by atoms with E-state index in [1.165, 1.54) is 6.42 Å². The molecule has 2 rings (SSSR count). The van der Waals surface area contributed by atoms with Crippen molar-refractivity contribution in [2.75, 3.05) is 0 Å². The lowest BCUT2D eigenvalue weighted by molar-refractivity contribution is 0.109. The molecule has 0 spiro atoms. The fraction of sp³-hybridized carbons (Fsp3) is 0.538. The summed E-state index contributed by atoms with van der Waals surface area (Å²) in [6.07, 6.45) is 3.17. The van der Waals surface area contributed by atoms with Gasteiger partial charge in [0.1, 0.15) is 0 Å². The molecular formula is C13H17ClO. The topological polar surface area (TPSA) is 20.2 Å². The molecule has 0 amide bonds. The van der Waals surface area contributed by atoms with E-state index in [1.807, 2.05) is 24.3 Å². The number of aliphatic hydroxyl groups is 1. The Morgan fingerprint density at radius 1 is 1.40 bits per heavy atom. The lowest BCUT2D eigenvalue weighted by Gasteiger charge is -2.18. The van der Waals surface area contributed by atoms with Crippen LogP contribution in [-0.4, -0.2) is 5.11 Å². The molecule has 0 saturated heterocycles. The lowest BCUT2D eigenvalue weighted by atomic mass is 9.94. The van der Waals surface area contributed by atoms with Crippen molar-refractivity contribution in [3.8, 4) is 0 Å². The van der Waals surface area contributed by atoms with Crippen LogP contribution in [0.5, 0.6) is 0 Å². The number of aliphatic hydroxyl groups excluding tert-OH is 1. The lowest BCUT2D eigenvalue weighted by Crippen LogP contribution is -2.09. The summed E-state index contributed by atoms with van der Waals surface area (Å²) in [5.74, 6) is 1.17. The zero-order valence-electron chi connectivity index (χ0n) is 8.99. The Kier molecular flexibility index (Phi) is 3.32. The zero-order valence-corrected chi connectivity index (χ0v) is 9.74. The molecule has 0 radical (unpaired) electrons. The van der Waals surface area contributed by atoms with Gasteiger partial charge in [0, 0.05) is 5.02 Å². The Hall–Kier alpha value is -0.530. The number of hydrogen-bond acceptors (Lipinski definition) is 1. The Morgan fingerprint density at radius 2 is 2.20 bits per heavy atom. The Balaban J connectivity index is 2.10. The quantitative estimate of drug-likeness (QED) is 0.810. The average Bonchev–Trinajstić information content (AvgIpc) is 2.64. The minimum atomic E-state index is -0.339. The van der Waals surface area contributed by atoms with Crippen LogP contribution in [0.25, 0.3) is 0 Å². The van der Waals surface area contributed by atoms with Gasteiger partial charge in [0.15, 0.2) is 0 Å². The van der Waals surface area contributed by atoms with E-state index < -0.39 is 0 Å². The number of halogens is 1. The number of hydrogen-bond donors (Lipinski definition) is 1. The summed E-state index contributed by atoms with van der Waals surface area (Å²) in [4.78, 5) is 0. The Morgan fingerprint density at radius 3 is 2.80 bits per heavy atom. The van der Waals surface area contributed by atoms with Crippen LogP contribution in [-0.2, 0) is 0 Å². The molecule has 1 fully saturated rings. The van der Waals surface area contributed by atoms with E-state index in [0.717, 1.165) is 24.3 Å². The predicted octanol–water partition coefficient (Wildman–Crippen LogP) is 3.81. The highest BCUT2D eigenvalue weighted by Crippen LogP contribution is 2.39. The van der Waals surface area contributed by atoms with Gasteiger partial charge in [-0.05, 0) is 42.4 Å². The van der Waals surface area contributed by atoms with Gasteiger partial charge in [0.05, 0.1) is 6.10 Å². The van der Waals surface area contributed by atoms with Gasteiger partial charge in [0.2, 0.25) is 0 Å². The van der Waals surface area contributed by atoms with Crippen molar-refractivity contribution >= 4 is 11.6 Å². The van der Waals surface area contributed by atoms with Gasteiger partial charge in [0.25, 0.3) is 0 Å². The Labute approximate surface area is 96.1 Å². The molecule has 1 aromatic rings. The summed E-state index contributed by atoms with van der Waals surface area (Å²) in [7, 11) is 0. The van der Waals surface area contributed by atoms with E-state index in [1.54, 1.807) is 0 Å². The first-order valence-electron chi connectivity index (χ1n) is 5.60. The van der Waals surface area contributed by atoms with E-state index >= 15 is 0 Å². The van der Waals surface area contributed by atoms with E-state index in [2.05, 4.69) is 6.92 Å². The van der Waals surface area contributed by atoms with Crippen LogP contribution in [0.2, 0.25) is 5.02 Å². The van der Waals surface area contributed by atoms with E-state index in [-0.39, 0.29) is 6.10 Å². The maximum Gasteiger partial charge on any atom is 0.0818 e. The predicted molar refractivity (Wildman–Crippen MR) is 62.9 cm³/mol. The number of benzene rings is 1. The molecule has 15 heavy (non-hydrogen) atoms. The van der Waals surface area contributed by atoms with Gasteiger partial charge in [-0.2, -0.15) is 0 Å². The summed E-state index contributed by atoms with van der Waals surface area (Å²) in [6.45, 7) is 2.25. The Bertz CT molecular complexity index is 337. The minimum Gasteiger partial charge on any atom is -0.388 e. The van der Waals surface area contributed by atoms with Crippen LogP contribution >= 0.6 is 11.6 Å². The molecule has 1 saturated carbocycles. The second-order valence-electron chi connectivity index (χ2n) is 4.68. The molecule has 3 atom stereocenters. The van der Waals surface area contributed by atoms with Crippen molar-refractivity contribution in [1.29, 1.82) is 0 Å². The monoisotopic (exact) mass is 224 g/mol. The zero-order chi connectivity index (χ0) is 10.8. The van der Waals surface area contributed by atoms with Gasteiger partial charge in [-0.25, -0.2) is 0 Å². The molecule has 0 bridgehead atoms. The van der Waals surface area contributed by atoms with Gasteiger partial charge in [-0.3, -0.25) is 0 Å². The van der Waals surface area contributed by atoms with Crippen molar-refractivity contribution in [3.63, 3.8) is 0 Å². The molecule has 0 aliphatic heterocycles. The highest BCUT2D eigenvalue weighted by molar-refractivity contribution is 6.30. The van der Waals surface area contributed by atoms with Crippen molar-refractivity contribution in [2.24, 2.45) is 11.8 Å². The molecule has 0 heterocycles. The first-order valence-corrected chi connectivity index (χ1v) is 5.98. The first kappa shape index (κ1) is 11.0. The van der Waals surface area contributed by atoms with Gasteiger partial charge >= 0.3 is 0 Å². The standard InChI is InChI=1S/C13H17ClO/c1-9-5-6-11(7-9)13(15)10-3-2-4-12(14)8-10/h2-4,8-9,11,13,15H,5-7H2,1H3. The maximum absolute atomic E-state index is 10.2. The third-order valence-corrected chi connectivity index (χ3v) is 3.61. The largest absolute Gasteiger partial charge is 0.388 e. The van der Waals surface area contributed by atoms with Gasteiger partial charge in [-0.1, -0.05) is 37.1 Å². The summed E-state index contributed by atoms with van der Waals surface area (Å²) in [5, 5.41) is 10.9. The molecule has 82 valence electrons. The van der Waals surface area contributed by atoms with Crippen LogP contribution in [0, 0.1) is 11.8 Å². The maximum atomic E-state index is 10.2. The molecule has 1 aliphatic carbocycles. The fourth-order valence-electron chi connectivity index (χ4n) is 2.50. The second-order valence-corrected chi connectivity index (χ2v) is 5.11. The van der Waals surface area contributed by atoms with Crippen molar-refractivity contribution in [1.82, 2.24) is 0 Å². The minimum absolute atomic E-state index is 0.339. The molecule has 1 N–H and O–H groups in total. The third-order valence-electron chi connectivity index (χ3n) is 3.37. The van der Waals surface area contributed by atoms with E-state index in [9.17, 15) is 5.11 Å². The molecule has 0 aromatic heterocycles. The molecule has 3 unspecified atom stereocenters. The average molecular weight is 225 g/mol.